The molecule has 2 aliphatic rings. The van der Waals surface area contributed by atoms with Crippen LogP contribution in [-0.2, 0) is 9.53 Å². The van der Waals surface area contributed by atoms with Gasteiger partial charge in [-0.15, -0.1) is 0 Å². The molecule has 74 valence electrons. The Morgan fingerprint density at radius 3 is 2.77 bits per heavy atom. The normalized spacial score (nSPS) is 38.2. The Kier molecular flexibility index (Phi) is 2.26. The van der Waals surface area contributed by atoms with E-state index in [2.05, 4.69) is 5.32 Å². The van der Waals surface area contributed by atoms with Gasteiger partial charge in [0.15, 0.2) is 0 Å². The number of carbonyl (C=O) groups is 1. The molecule has 3 atom stereocenters. The van der Waals surface area contributed by atoms with Gasteiger partial charge in [0.1, 0.15) is 0 Å². The summed E-state index contributed by atoms with van der Waals surface area (Å²) in [6.45, 7) is 3.95. The molecular weight excluding hydrogens is 168 g/mol. The highest BCUT2D eigenvalue weighted by Gasteiger charge is 2.57. The van der Waals surface area contributed by atoms with Crippen LogP contribution >= 0.6 is 0 Å². The molecule has 3 N–H and O–H groups in total. The molecule has 3 unspecified atom stereocenters. The lowest BCUT2D eigenvalue weighted by Crippen LogP contribution is -2.39. The molecule has 2 rings (SSSR count). The third kappa shape index (κ3) is 1.56. The standard InChI is InChI=1S/C9H16N2O2/c1-5(2-10)11-9(12)8-6-3-13-4-7(6)8/h5-8H,2-4,10H2,1H3,(H,11,12). The van der Waals surface area contributed by atoms with Crippen molar-refractivity contribution in [1.82, 2.24) is 5.32 Å². The quantitative estimate of drug-likeness (QED) is 0.612. The van der Waals surface area contributed by atoms with Crippen LogP contribution in [0.1, 0.15) is 6.92 Å². The molecule has 2 fully saturated rings. The number of rotatable bonds is 3. The molecule has 1 saturated carbocycles. The number of ether oxygens (including phenoxy) is 1. The number of hydrogen-bond acceptors (Lipinski definition) is 3. The van der Waals surface area contributed by atoms with E-state index in [4.69, 9.17) is 10.5 Å². The number of hydrogen-bond donors (Lipinski definition) is 2. The Bertz CT molecular complexity index is 210. The number of amides is 1. The maximum atomic E-state index is 11.6. The van der Waals surface area contributed by atoms with E-state index >= 15 is 0 Å². The summed E-state index contributed by atoms with van der Waals surface area (Å²) in [5.41, 5.74) is 5.42. The zero-order chi connectivity index (χ0) is 9.42. The predicted molar refractivity (Wildman–Crippen MR) is 47.9 cm³/mol. The van der Waals surface area contributed by atoms with Crippen LogP contribution in [0, 0.1) is 17.8 Å². The lowest BCUT2D eigenvalue weighted by atomic mass is 10.2. The van der Waals surface area contributed by atoms with Gasteiger partial charge in [0, 0.05) is 18.5 Å². The van der Waals surface area contributed by atoms with Crippen molar-refractivity contribution in [3.8, 4) is 0 Å². The Morgan fingerprint density at radius 1 is 1.62 bits per heavy atom. The van der Waals surface area contributed by atoms with Crippen molar-refractivity contribution in [2.24, 2.45) is 23.5 Å². The molecule has 0 radical (unpaired) electrons. The second-order valence-electron chi connectivity index (χ2n) is 4.04. The van der Waals surface area contributed by atoms with Gasteiger partial charge in [0.05, 0.1) is 13.2 Å². The minimum atomic E-state index is 0.0924. The molecule has 1 amide bonds. The SMILES string of the molecule is CC(CN)NC(=O)C1C2COCC21. The maximum Gasteiger partial charge on any atom is 0.224 e. The molecule has 0 bridgehead atoms. The summed E-state index contributed by atoms with van der Waals surface area (Å²) in [5, 5.41) is 2.90. The first-order valence-corrected chi connectivity index (χ1v) is 4.82. The average Bonchev–Trinajstić information content (AvgIpc) is 2.61. The van der Waals surface area contributed by atoms with Crippen molar-refractivity contribution in [3.63, 3.8) is 0 Å². The van der Waals surface area contributed by atoms with E-state index in [1.165, 1.54) is 0 Å². The highest BCUT2D eigenvalue weighted by atomic mass is 16.5. The van der Waals surface area contributed by atoms with Gasteiger partial charge in [-0.05, 0) is 18.8 Å². The molecule has 1 aliphatic heterocycles. The highest BCUT2D eigenvalue weighted by Crippen LogP contribution is 2.50. The van der Waals surface area contributed by atoms with Gasteiger partial charge in [0.25, 0.3) is 0 Å². The molecule has 1 saturated heterocycles. The minimum absolute atomic E-state index is 0.0924. The van der Waals surface area contributed by atoms with E-state index in [0.29, 0.717) is 18.4 Å². The van der Waals surface area contributed by atoms with Crippen LogP contribution in [0.5, 0.6) is 0 Å². The Balaban J connectivity index is 1.80. The average molecular weight is 184 g/mol. The number of nitrogens with two attached hydrogens (primary N) is 1. The topological polar surface area (TPSA) is 64.3 Å². The Labute approximate surface area is 77.8 Å². The van der Waals surface area contributed by atoms with Crippen LogP contribution in [0.3, 0.4) is 0 Å². The summed E-state index contributed by atoms with van der Waals surface area (Å²) >= 11 is 0. The van der Waals surface area contributed by atoms with Crippen LogP contribution in [0.4, 0.5) is 0 Å². The second kappa shape index (κ2) is 3.27. The van der Waals surface area contributed by atoms with Crippen LogP contribution in [0.15, 0.2) is 0 Å². The lowest BCUT2D eigenvalue weighted by Gasteiger charge is -2.12. The van der Waals surface area contributed by atoms with Gasteiger partial charge in [-0.3, -0.25) is 4.79 Å². The summed E-state index contributed by atoms with van der Waals surface area (Å²) in [4.78, 5) is 11.6. The van der Waals surface area contributed by atoms with Gasteiger partial charge >= 0.3 is 0 Å². The predicted octanol–water partition coefficient (Wildman–Crippen LogP) is -0.658. The second-order valence-corrected chi connectivity index (χ2v) is 4.04. The molecular formula is C9H16N2O2. The molecule has 0 aromatic carbocycles. The van der Waals surface area contributed by atoms with Crippen LogP contribution < -0.4 is 11.1 Å². The number of carbonyl (C=O) groups excluding carboxylic acids is 1. The minimum Gasteiger partial charge on any atom is -0.381 e. The fourth-order valence-corrected chi connectivity index (χ4v) is 2.03. The van der Waals surface area contributed by atoms with Crippen molar-refractivity contribution in [2.45, 2.75) is 13.0 Å². The van der Waals surface area contributed by atoms with E-state index in [0.717, 1.165) is 13.2 Å². The molecule has 13 heavy (non-hydrogen) atoms. The van der Waals surface area contributed by atoms with Gasteiger partial charge in [-0.25, -0.2) is 0 Å². The smallest absolute Gasteiger partial charge is 0.224 e. The van der Waals surface area contributed by atoms with Crippen molar-refractivity contribution in [2.75, 3.05) is 19.8 Å². The van der Waals surface area contributed by atoms with Crippen LogP contribution in [0.2, 0.25) is 0 Å². The first kappa shape index (κ1) is 8.97. The summed E-state index contributed by atoms with van der Waals surface area (Å²) < 4.78 is 5.21. The van der Waals surface area contributed by atoms with E-state index in [1.54, 1.807) is 0 Å². The van der Waals surface area contributed by atoms with Gasteiger partial charge < -0.3 is 15.8 Å². The van der Waals surface area contributed by atoms with Crippen molar-refractivity contribution in [1.29, 1.82) is 0 Å². The van der Waals surface area contributed by atoms with Crippen LogP contribution in [-0.4, -0.2) is 31.7 Å². The molecule has 0 aromatic rings. The van der Waals surface area contributed by atoms with E-state index < -0.39 is 0 Å². The number of nitrogens with one attached hydrogen (secondary N) is 1. The first-order chi connectivity index (χ1) is 6.24. The van der Waals surface area contributed by atoms with E-state index in [9.17, 15) is 4.79 Å². The molecule has 0 spiro atoms. The highest BCUT2D eigenvalue weighted by molar-refractivity contribution is 5.82. The fourth-order valence-electron chi connectivity index (χ4n) is 2.03. The van der Waals surface area contributed by atoms with Gasteiger partial charge in [0.2, 0.25) is 5.91 Å². The number of fused-ring (bicyclic) bond motifs is 1. The molecule has 0 aromatic heterocycles. The van der Waals surface area contributed by atoms with Gasteiger partial charge in [-0.1, -0.05) is 0 Å². The molecule has 4 nitrogen and oxygen atoms in total. The summed E-state index contributed by atoms with van der Waals surface area (Å²) in [5.74, 6) is 1.36. The lowest BCUT2D eigenvalue weighted by molar-refractivity contribution is -0.124. The van der Waals surface area contributed by atoms with E-state index in [1.807, 2.05) is 6.92 Å². The zero-order valence-corrected chi connectivity index (χ0v) is 7.82. The third-order valence-corrected chi connectivity index (χ3v) is 3.00. The molecule has 4 heteroatoms. The largest absolute Gasteiger partial charge is 0.381 e. The van der Waals surface area contributed by atoms with Crippen molar-refractivity contribution < 1.29 is 9.53 Å². The maximum absolute atomic E-state index is 11.6. The first-order valence-electron chi connectivity index (χ1n) is 4.82. The fraction of sp³-hybridized carbons (Fsp3) is 0.889. The molecule has 1 aliphatic carbocycles. The molecule has 1 heterocycles. The zero-order valence-electron chi connectivity index (χ0n) is 7.82. The monoisotopic (exact) mass is 184 g/mol. The van der Waals surface area contributed by atoms with E-state index in [-0.39, 0.29) is 17.9 Å². The summed E-state index contributed by atoms with van der Waals surface area (Å²) in [6.07, 6.45) is 0. The summed E-state index contributed by atoms with van der Waals surface area (Å²) in [7, 11) is 0. The Hall–Kier alpha value is -0.610. The van der Waals surface area contributed by atoms with Crippen molar-refractivity contribution >= 4 is 5.91 Å². The summed E-state index contributed by atoms with van der Waals surface area (Å²) in [6, 6.07) is 0.0924. The Morgan fingerprint density at radius 2 is 2.23 bits per heavy atom. The van der Waals surface area contributed by atoms with Crippen LogP contribution in [0.25, 0.3) is 0 Å². The van der Waals surface area contributed by atoms with Gasteiger partial charge in [-0.2, -0.15) is 0 Å². The van der Waals surface area contributed by atoms with Crippen molar-refractivity contribution in [3.05, 3.63) is 0 Å². The third-order valence-electron chi connectivity index (χ3n) is 3.00.